The highest BCUT2D eigenvalue weighted by molar-refractivity contribution is 5.71. The monoisotopic (exact) mass is 653 g/mol. The number of carbonyl (C=O) groups excluding carboxylic acids is 3. The Bertz CT molecular complexity index is 704. The van der Waals surface area contributed by atoms with E-state index in [1.807, 2.05) is 0 Å². The Hall–Kier alpha value is -1.59. The number of hydrogen-bond acceptors (Lipinski definition) is 6. The molecule has 0 aliphatic rings. The number of ether oxygens (including phenoxy) is 3. The van der Waals surface area contributed by atoms with E-state index in [1.165, 1.54) is 89.9 Å². The van der Waals surface area contributed by atoms with Crippen LogP contribution in [-0.4, -0.2) is 37.2 Å². The molecular formula is C40H76O6. The minimum Gasteiger partial charge on any atom is -0.462 e. The van der Waals surface area contributed by atoms with Crippen LogP contribution in [0.3, 0.4) is 0 Å². The average molecular weight is 653 g/mol. The first-order chi connectivity index (χ1) is 22.2. The van der Waals surface area contributed by atoms with Crippen molar-refractivity contribution in [3.05, 3.63) is 0 Å². The SMILES string of the molecule is CCCCCCCC(=O)OC[C@H](COC(=O)CCCCCCCCC(C)C)OC(=O)CCCCCCCCCCCCCC(C)C. The van der Waals surface area contributed by atoms with Crippen LogP contribution in [0, 0.1) is 11.8 Å². The van der Waals surface area contributed by atoms with E-state index in [2.05, 4.69) is 34.6 Å². The number of esters is 3. The van der Waals surface area contributed by atoms with E-state index < -0.39 is 6.10 Å². The van der Waals surface area contributed by atoms with Gasteiger partial charge in [-0.1, -0.05) is 169 Å². The van der Waals surface area contributed by atoms with Crippen LogP contribution < -0.4 is 0 Å². The van der Waals surface area contributed by atoms with Crippen LogP contribution in [0.5, 0.6) is 0 Å². The molecule has 0 rings (SSSR count). The molecule has 1 atom stereocenters. The van der Waals surface area contributed by atoms with E-state index in [1.54, 1.807) is 0 Å². The molecule has 0 fully saturated rings. The van der Waals surface area contributed by atoms with E-state index in [-0.39, 0.29) is 31.1 Å². The molecule has 0 spiro atoms. The second-order valence-electron chi connectivity index (χ2n) is 14.5. The maximum atomic E-state index is 12.6. The molecule has 0 aromatic heterocycles. The molecule has 6 heteroatoms. The first kappa shape index (κ1) is 44.4. The highest BCUT2D eigenvalue weighted by Crippen LogP contribution is 2.15. The quantitative estimate of drug-likeness (QED) is 0.0391. The molecule has 0 aromatic rings. The van der Waals surface area contributed by atoms with E-state index in [0.717, 1.165) is 76.0 Å². The number of hydrogen-bond donors (Lipinski definition) is 0. The Balaban J connectivity index is 4.25. The molecule has 0 bridgehead atoms. The molecule has 0 aliphatic heterocycles. The van der Waals surface area contributed by atoms with Crippen molar-refractivity contribution in [3.63, 3.8) is 0 Å². The molecular weight excluding hydrogens is 576 g/mol. The van der Waals surface area contributed by atoms with Crippen molar-refractivity contribution in [1.82, 2.24) is 0 Å². The van der Waals surface area contributed by atoms with Crippen LogP contribution in [0.2, 0.25) is 0 Å². The van der Waals surface area contributed by atoms with Crippen molar-refractivity contribution in [3.8, 4) is 0 Å². The summed E-state index contributed by atoms with van der Waals surface area (Å²) >= 11 is 0. The topological polar surface area (TPSA) is 78.9 Å². The summed E-state index contributed by atoms with van der Waals surface area (Å²) in [4.78, 5) is 37.2. The summed E-state index contributed by atoms with van der Waals surface area (Å²) in [5.41, 5.74) is 0. The maximum Gasteiger partial charge on any atom is 0.306 e. The summed E-state index contributed by atoms with van der Waals surface area (Å²) in [6.45, 7) is 11.2. The predicted octanol–water partition coefficient (Wildman–Crippen LogP) is 11.8. The summed E-state index contributed by atoms with van der Waals surface area (Å²) in [6, 6.07) is 0. The zero-order valence-electron chi connectivity index (χ0n) is 31.2. The van der Waals surface area contributed by atoms with Crippen LogP contribution >= 0.6 is 0 Å². The molecule has 0 aromatic carbocycles. The lowest BCUT2D eigenvalue weighted by atomic mass is 10.0. The highest BCUT2D eigenvalue weighted by atomic mass is 16.6. The lowest BCUT2D eigenvalue weighted by Crippen LogP contribution is -2.30. The lowest BCUT2D eigenvalue weighted by molar-refractivity contribution is -0.167. The minimum absolute atomic E-state index is 0.0682. The van der Waals surface area contributed by atoms with Gasteiger partial charge in [0.25, 0.3) is 0 Å². The van der Waals surface area contributed by atoms with E-state index >= 15 is 0 Å². The summed E-state index contributed by atoms with van der Waals surface area (Å²) in [7, 11) is 0. The standard InChI is InChI=1S/C40H76O6/c1-6-7-8-18-25-30-38(41)44-33-37(34-45-39(42)31-26-21-17-16-20-24-29-36(4)5)46-40(43)32-27-22-15-13-11-9-10-12-14-19-23-28-35(2)3/h35-37H,6-34H2,1-5H3/t37-/m1/s1. The van der Waals surface area contributed by atoms with Crippen LogP contribution in [0.4, 0.5) is 0 Å². The summed E-state index contributed by atoms with van der Waals surface area (Å²) in [6.07, 6.45) is 28.4. The van der Waals surface area contributed by atoms with Gasteiger partial charge in [-0.3, -0.25) is 14.4 Å². The van der Waals surface area contributed by atoms with Crippen molar-refractivity contribution >= 4 is 17.9 Å². The van der Waals surface area contributed by atoms with E-state index in [4.69, 9.17) is 14.2 Å². The van der Waals surface area contributed by atoms with Gasteiger partial charge in [0.15, 0.2) is 6.10 Å². The minimum atomic E-state index is -0.758. The first-order valence-corrected chi connectivity index (χ1v) is 19.7. The van der Waals surface area contributed by atoms with Gasteiger partial charge in [0, 0.05) is 19.3 Å². The fraction of sp³-hybridized carbons (Fsp3) is 0.925. The van der Waals surface area contributed by atoms with E-state index in [9.17, 15) is 14.4 Å². The fourth-order valence-electron chi connectivity index (χ4n) is 5.69. The molecule has 0 aliphatic carbocycles. The van der Waals surface area contributed by atoms with Gasteiger partial charge in [-0.15, -0.1) is 0 Å². The Morgan fingerprint density at radius 1 is 0.413 bits per heavy atom. The fourth-order valence-corrected chi connectivity index (χ4v) is 5.69. The zero-order chi connectivity index (χ0) is 34.1. The molecule has 272 valence electrons. The third kappa shape index (κ3) is 33.8. The number of rotatable bonds is 34. The maximum absolute atomic E-state index is 12.6. The van der Waals surface area contributed by atoms with Crippen LogP contribution in [0.15, 0.2) is 0 Å². The van der Waals surface area contributed by atoms with Gasteiger partial charge >= 0.3 is 17.9 Å². The van der Waals surface area contributed by atoms with Gasteiger partial charge in [0.1, 0.15) is 13.2 Å². The molecule has 6 nitrogen and oxygen atoms in total. The van der Waals surface area contributed by atoms with Gasteiger partial charge in [-0.25, -0.2) is 0 Å². The molecule has 0 saturated carbocycles. The van der Waals surface area contributed by atoms with Crippen LogP contribution in [-0.2, 0) is 28.6 Å². The molecule has 0 saturated heterocycles. The molecule has 0 unspecified atom stereocenters. The molecule has 0 N–H and O–H groups in total. The van der Waals surface area contributed by atoms with Crippen molar-refractivity contribution in [2.75, 3.05) is 13.2 Å². The zero-order valence-corrected chi connectivity index (χ0v) is 31.2. The first-order valence-electron chi connectivity index (χ1n) is 19.7. The third-order valence-electron chi connectivity index (χ3n) is 8.72. The molecule has 0 heterocycles. The van der Waals surface area contributed by atoms with E-state index in [0.29, 0.717) is 19.3 Å². The second kappa shape index (κ2) is 33.3. The van der Waals surface area contributed by atoms with Gasteiger partial charge in [0.2, 0.25) is 0 Å². The van der Waals surface area contributed by atoms with Crippen LogP contribution in [0.25, 0.3) is 0 Å². The van der Waals surface area contributed by atoms with Crippen molar-refractivity contribution < 1.29 is 28.6 Å². The van der Waals surface area contributed by atoms with Gasteiger partial charge in [-0.2, -0.15) is 0 Å². The largest absolute Gasteiger partial charge is 0.462 e. The Labute approximate surface area is 285 Å². The van der Waals surface area contributed by atoms with Gasteiger partial charge in [-0.05, 0) is 31.1 Å². The smallest absolute Gasteiger partial charge is 0.306 e. The Morgan fingerprint density at radius 2 is 0.717 bits per heavy atom. The average Bonchev–Trinajstić information content (AvgIpc) is 3.01. The van der Waals surface area contributed by atoms with Crippen LogP contribution in [0.1, 0.15) is 208 Å². The molecule has 46 heavy (non-hydrogen) atoms. The van der Waals surface area contributed by atoms with Crippen molar-refractivity contribution in [1.29, 1.82) is 0 Å². The Morgan fingerprint density at radius 3 is 1.07 bits per heavy atom. The number of carbonyl (C=O) groups is 3. The summed E-state index contributed by atoms with van der Waals surface area (Å²) < 4.78 is 16.5. The highest BCUT2D eigenvalue weighted by Gasteiger charge is 2.19. The summed E-state index contributed by atoms with van der Waals surface area (Å²) in [5, 5.41) is 0. The number of unbranched alkanes of at least 4 members (excludes halogenated alkanes) is 19. The normalized spacial score (nSPS) is 12.1. The lowest BCUT2D eigenvalue weighted by Gasteiger charge is -2.18. The Kier molecular flexibility index (Phi) is 32.2. The van der Waals surface area contributed by atoms with Gasteiger partial charge in [0.05, 0.1) is 0 Å². The third-order valence-corrected chi connectivity index (χ3v) is 8.72. The van der Waals surface area contributed by atoms with Gasteiger partial charge < -0.3 is 14.2 Å². The summed E-state index contributed by atoms with van der Waals surface area (Å²) in [5.74, 6) is 0.704. The molecule has 0 amide bonds. The predicted molar refractivity (Wildman–Crippen MR) is 192 cm³/mol. The molecule has 0 radical (unpaired) electrons. The van der Waals surface area contributed by atoms with Crippen molar-refractivity contribution in [2.45, 2.75) is 214 Å². The second-order valence-corrected chi connectivity index (χ2v) is 14.5. The van der Waals surface area contributed by atoms with Crippen molar-refractivity contribution in [2.24, 2.45) is 11.8 Å².